The Kier molecular flexibility index (Phi) is 4.34. The molecule has 1 aliphatic carbocycles. The first-order chi connectivity index (χ1) is 12.2. The van der Waals surface area contributed by atoms with Crippen LogP contribution in [0.3, 0.4) is 0 Å². The predicted octanol–water partition coefficient (Wildman–Crippen LogP) is 3.35. The number of likely N-dealkylation sites (tertiary alicyclic amines) is 1. The fourth-order valence-electron chi connectivity index (χ4n) is 4.44. The zero-order valence-corrected chi connectivity index (χ0v) is 14.6. The van der Waals surface area contributed by atoms with E-state index in [4.69, 9.17) is 5.73 Å². The molecule has 1 aliphatic heterocycles. The van der Waals surface area contributed by atoms with Crippen LogP contribution < -0.4 is 5.73 Å². The van der Waals surface area contributed by atoms with Crippen molar-refractivity contribution in [2.24, 2.45) is 11.1 Å². The Labute approximate surface area is 149 Å². The second-order valence-corrected chi connectivity index (χ2v) is 7.69. The molecule has 3 nitrogen and oxygen atoms in total. The number of carbonyl (C=O) groups excluding carboxylic acids is 1. The lowest BCUT2D eigenvalue weighted by atomic mass is 9.64. The number of benzene rings is 2. The van der Waals surface area contributed by atoms with Crippen molar-refractivity contribution in [3.05, 3.63) is 71.8 Å². The molecule has 3 heteroatoms. The number of nitrogens with zero attached hydrogens (tertiary/aromatic N) is 1. The monoisotopic (exact) mass is 334 g/mol. The van der Waals surface area contributed by atoms with Gasteiger partial charge in [-0.25, -0.2) is 0 Å². The first kappa shape index (κ1) is 16.3. The molecule has 25 heavy (non-hydrogen) atoms. The van der Waals surface area contributed by atoms with Gasteiger partial charge in [0.15, 0.2) is 0 Å². The largest absolute Gasteiger partial charge is 0.340 e. The van der Waals surface area contributed by atoms with Gasteiger partial charge < -0.3 is 10.6 Å². The molecular formula is C22H26N2O. The molecule has 2 aromatic carbocycles. The van der Waals surface area contributed by atoms with Crippen LogP contribution in [-0.4, -0.2) is 29.9 Å². The molecule has 0 aromatic heterocycles. The molecule has 1 saturated carbocycles. The Bertz CT molecular complexity index is 724. The van der Waals surface area contributed by atoms with Crippen molar-refractivity contribution in [1.82, 2.24) is 4.90 Å². The molecule has 0 radical (unpaired) electrons. The van der Waals surface area contributed by atoms with Gasteiger partial charge in [-0.2, -0.15) is 0 Å². The third-order valence-electron chi connectivity index (χ3n) is 6.03. The fraction of sp³-hybridized carbons (Fsp3) is 0.409. The Balaban J connectivity index is 1.50. The predicted molar refractivity (Wildman–Crippen MR) is 100 cm³/mol. The zero-order chi connectivity index (χ0) is 17.3. The van der Waals surface area contributed by atoms with Crippen LogP contribution in [0, 0.1) is 5.41 Å². The molecule has 1 amide bonds. The minimum atomic E-state index is -0.202. The fourth-order valence-corrected chi connectivity index (χ4v) is 4.44. The molecule has 0 spiro atoms. The average molecular weight is 334 g/mol. The molecule has 2 N–H and O–H groups in total. The van der Waals surface area contributed by atoms with Crippen LogP contribution in [0.15, 0.2) is 60.7 Å². The SMILES string of the molecule is N[C@@H]1CN(C(=O)C2(Cc3ccccc3)CCC2)C[C@H]1c1ccccc1. The van der Waals surface area contributed by atoms with E-state index in [0.717, 1.165) is 32.2 Å². The van der Waals surface area contributed by atoms with Crippen LogP contribution in [0.5, 0.6) is 0 Å². The zero-order valence-electron chi connectivity index (χ0n) is 14.6. The lowest BCUT2D eigenvalue weighted by molar-refractivity contribution is -0.146. The first-order valence-corrected chi connectivity index (χ1v) is 9.32. The van der Waals surface area contributed by atoms with Crippen molar-refractivity contribution in [3.63, 3.8) is 0 Å². The molecule has 2 atom stereocenters. The summed E-state index contributed by atoms with van der Waals surface area (Å²) in [6.07, 6.45) is 4.01. The number of nitrogens with two attached hydrogens (primary N) is 1. The third kappa shape index (κ3) is 3.09. The van der Waals surface area contributed by atoms with Gasteiger partial charge in [-0.05, 0) is 30.4 Å². The van der Waals surface area contributed by atoms with E-state index in [2.05, 4.69) is 48.5 Å². The highest BCUT2D eigenvalue weighted by molar-refractivity contribution is 5.84. The van der Waals surface area contributed by atoms with E-state index in [1.54, 1.807) is 0 Å². The second-order valence-electron chi connectivity index (χ2n) is 7.69. The van der Waals surface area contributed by atoms with Gasteiger partial charge in [-0.15, -0.1) is 0 Å². The highest BCUT2D eigenvalue weighted by Crippen LogP contribution is 2.46. The van der Waals surface area contributed by atoms with Crippen LogP contribution >= 0.6 is 0 Å². The topological polar surface area (TPSA) is 46.3 Å². The number of amides is 1. The van der Waals surface area contributed by atoms with Crippen molar-refractivity contribution in [2.45, 2.75) is 37.6 Å². The summed E-state index contributed by atoms with van der Waals surface area (Å²) in [6.45, 7) is 1.43. The maximum Gasteiger partial charge on any atom is 0.229 e. The second kappa shape index (κ2) is 6.64. The van der Waals surface area contributed by atoms with Gasteiger partial charge in [0.1, 0.15) is 0 Å². The number of hydrogen-bond acceptors (Lipinski definition) is 2. The minimum absolute atomic E-state index is 0.0280. The summed E-state index contributed by atoms with van der Waals surface area (Å²) < 4.78 is 0. The summed E-state index contributed by atoms with van der Waals surface area (Å²) in [5, 5.41) is 0. The molecule has 2 fully saturated rings. The molecular weight excluding hydrogens is 308 g/mol. The Morgan fingerprint density at radius 3 is 2.24 bits per heavy atom. The van der Waals surface area contributed by atoms with Crippen LogP contribution in [0.1, 0.15) is 36.3 Å². The quantitative estimate of drug-likeness (QED) is 0.932. The van der Waals surface area contributed by atoms with Gasteiger partial charge in [0.2, 0.25) is 5.91 Å². The average Bonchev–Trinajstić information content (AvgIpc) is 3.01. The number of hydrogen-bond donors (Lipinski definition) is 1. The van der Waals surface area contributed by atoms with Crippen LogP contribution in [0.25, 0.3) is 0 Å². The lowest BCUT2D eigenvalue weighted by Crippen LogP contribution is -2.49. The van der Waals surface area contributed by atoms with Crippen molar-refractivity contribution >= 4 is 5.91 Å². The molecule has 1 heterocycles. The molecule has 0 bridgehead atoms. The Morgan fingerprint density at radius 1 is 1.00 bits per heavy atom. The van der Waals surface area contributed by atoms with Gasteiger partial charge in [-0.1, -0.05) is 67.1 Å². The van der Waals surface area contributed by atoms with E-state index in [-0.39, 0.29) is 17.4 Å². The van der Waals surface area contributed by atoms with Gasteiger partial charge in [0.05, 0.1) is 5.41 Å². The first-order valence-electron chi connectivity index (χ1n) is 9.32. The minimum Gasteiger partial charge on any atom is -0.340 e. The van der Waals surface area contributed by atoms with Crippen LogP contribution in [-0.2, 0) is 11.2 Å². The molecule has 2 aromatic rings. The molecule has 2 aliphatic rings. The molecule has 130 valence electrons. The summed E-state index contributed by atoms with van der Waals surface area (Å²) in [5.41, 5.74) is 8.71. The van der Waals surface area contributed by atoms with Gasteiger partial charge in [0, 0.05) is 25.0 Å². The van der Waals surface area contributed by atoms with Gasteiger partial charge >= 0.3 is 0 Å². The van der Waals surface area contributed by atoms with Crippen molar-refractivity contribution < 1.29 is 4.79 Å². The number of carbonyl (C=O) groups is 1. The molecule has 0 unspecified atom stereocenters. The van der Waals surface area contributed by atoms with Gasteiger partial charge in [0.25, 0.3) is 0 Å². The summed E-state index contributed by atoms with van der Waals surface area (Å²) in [7, 11) is 0. The van der Waals surface area contributed by atoms with Gasteiger partial charge in [-0.3, -0.25) is 4.79 Å². The van der Waals surface area contributed by atoms with Crippen molar-refractivity contribution in [3.8, 4) is 0 Å². The normalized spacial score (nSPS) is 24.8. The van der Waals surface area contributed by atoms with E-state index < -0.39 is 0 Å². The lowest BCUT2D eigenvalue weighted by Gasteiger charge is -2.43. The maximum atomic E-state index is 13.3. The van der Waals surface area contributed by atoms with Crippen molar-refractivity contribution in [2.75, 3.05) is 13.1 Å². The highest BCUT2D eigenvalue weighted by atomic mass is 16.2. The Morgan fingerprint density at radius 2 is 1.64 bits per heavy atom. The van der Waals surface area contributed by atoms with E-state index in [0.29, 0.717) is 12.5 Å². The van der Waals surface area contributed by atoms with Crippen LogP contribution in [0.2, 0.25) is 0 Å². The smallest absolute Gasteiger partial charge is 0.229 e. The maximum absolute atomic E-state index is 13.3. The standard InChI is InChI=1S/C22H26N2O/c23-20-16-24(15-19(20)18-10-5-2-6-11-18)21(25)22(12-7-13-22)14-17-8-3-1-4-9-17/h1-6,8-11,19-20H,7,12-16,23H2/t19-,20+/m0/s1. The van der Waals surface area contributed by atoms with Crippen LogP contribution in [0.4, 0.5) is 0 Å². The third-order valence-corrected chi connectivity index (χ3v) is 6.03. The highest BCUT2D eigenvalue weighted by Gasteiger charge is 2.48. The molecule has 4 rings (SSSR count). The van der Waals surface area contributed by atoms with E-state index in [1.165, 1.54) is 11.1 Å². The summed E-state index contributed by atoms with van der Waals surface area (Å²) >= 11 is 0. The molecule has 1 saturated heterocycles. The summed E-state index contributed by atoms with van der Waals surface area (Å²) in [6, 6.07) is 20.8. The summed E-state index contributed by atoms with van der Waals surface area (Å²) in [4.78, 5) is 15.4. The van der Waals surface area contributed by atoms with Crippen molar-refractivity contribution in [1.29, 1.82) is 0 Å². The van der Waals surface area contributed by atoms with E-state index >= 15 is 0 Å². The van der Waals surface area contributed by atoms with E-state index in [1.807, 2.05) is 17.0 Å². The summed E-state index contributed by atoms with van der Waals surface area (Å²) in [5.74, 6) is 0.565. The Hall–Kier alpha value is -2.13. The van der Waals surface area contributed by atoms with E-state index in [9.17, 15) is 4.79 Å². The number of rotatable bonds is 4.